The van der Waals surface area contributed by atoms with E-state index < -0.39 is 11.6 Å². The molecule has 118 valence electrons. The van der Waals surface area contributed by atoms with Crippen molar-refractivity contribution in [1.29, 1.82) is 0 Å². The second-order valence-electron chi connectivity index (χ2n) is 5.04. The number of anilines is 1. The first-order valence-corrected chi connectivity index (χ1v) is 6.73. The molecule has 1 aliphatic heterocycles. The average Bonchev–Trinajstić information content (AvgIpc) is 2.42. The molecule has 1 aliphatic rings. The summed E-state index contributed by atoms with van der Waals surface area (Å²) in [6.07, 6.45) is 2.13. The highest BCUT2D eigenvalue weighted by molar-refractivity contribution is 5.92. The molecule has 1 aromatic carbocycles. The summed E-state index contributed by atoms with van der Waals surface area (Å²) in [6, 6.07) is 3.50. The van der Waals surface area contributed by atoms with Gasteiger partial charge >= 0.3 is 0 Å². The molecule has 1 fully saturated rings. The van der Waals surface area contributed by atoms with Crippen LogP contribution < -0.4 is 10.6 Å². The van der Waals surface area contributed by atoms with Crippen LogP contribution in [0.15, 0.2) is 18.2 Å². The first kappa shape index (κ1) is 17.8. The van der Waals surface area contributed by atoms with E-state index in [4.69, 9.17) is 0 Å². The van der Waals surface area contributed by atoms with Crippen molar-refractivity contribution in [3.63, 3.8) is 0 Å². The highest BCUT2D eigenvalue weighted by atomic mass is 35.5. The molecule has 7 heteroatoms. The third-order valence-corrected chi connectivity index (χ3v) is 3.49. The normalized spacial score (nSPS) is 18.9. The SMILES string of the molecule is CNC1CCCN(CC(=O)Nc2ccc(F)cc2F)C1.Cl. The van der Waals surface area contributed by atoms with Crippen molar-refractivity contribution < 1.29 is 13.6 Å². The molecule has 0 saturated carbocycles. The standard InChI is InChI=1S/C14H19F2N3O.ClH/c1-17-11-3-2-6-19(8-11)9-14(20)18-13-5-4-10(15)7-12(13)16;/h4-5,7,11,17H,2-3,6,8-9H2,1H3,(H,18,20);1H. The number of likely N-dealkylation sites (N-methyl/N-ethyl adjacent to an activating group) is 1. The largest absolute Gasteiger partial charge is 0.322 e. The van der Waals surface area contributed by atoms with Gasteiger partial charge in [0.1, 0.15) is 11.6 Å². The highest BCUT2D eigenvalue weighted by Crippen LogP contribution is 2.15. The first-order chi connectivity index (χ1) is 9.58. The van der Waals surface area contributed by atoms with E-state index in [1.165, 1.54) is 6.07 Å². The molecule has 4 nitrogen and oxygen atoms in total. The highest BCUT2D eigenvalue weighted by Gasteiger charge is 2.20. The smallest absolute Gasteiger partial charge is 0.238 e. The van der Waals surface area contributed by atoms with E-state index in [0.29, 0.717) is 6.04 Å². The number of benzene rings is 1. The van der Waals surface area contributed by atoms with Crippen LogP contribution in [-0.2, 0) is 4.79 Å². The second kappa shape index (κ2) is 8.26. The van der Waals surface area contributed by atoms with E-state index in [1.54, 1.807) is 0 Å². The quantitative estimate of drug-likeness (QED) is 0.892. The molecule has 1 aromatic rings. The number of nitrogens with one attached hydrogen (secondary N) is 2. The Labute approximate surface area is 129 Å². The van der Waals surface area contributed by atoms with E-state index >= 15 is 0 Å². The number of amides is 1. The Hall–Kier alpha value is -1.24. The Bertz CT molecular complexity index is 487. The van der Waals surface area contributed by atoms with Gasteiger partial charge in [0.25, 0.3) is 0 Å². The molecule has 1 unspecified atom stereocenters. The van der Waals surface area contributed by atoms with Crippen LogP contribution in [0.25, 0.3) is 0 Å². The summed E-state index contributed by atoms with van der Waals surface area (Å²) >= 11 is 0. The number of halogens is 3. The molecule has 2 N–H and O–H groups in total. The predicted octanol–water partition coefficient (Wildman–Crippen LogP) is 2.01. The Morgan fingerprint density at radius 2 is 2.19 bits per heavy atom. The summed E-state index contributed by atoms with van der Waals surface area (Å²) in [5, 5.41) is 5.67. The van der Waals surface area contributed by atoms with Crippen LogP contribution in [0.4, 0.5) is 14.5 Å². The van der Waals surface area contributed by atoms with E-state index in [0.717, 1.165) is 38.1 Å². The van der Waals surface area contributed by atoms with Crippen molar-refractivity contribution in [3.8, 4) is 0 Å². The molecule has 21 heavy (non-hydrogen) atoms. The Morgan fingerprint density at radius 3 is 2.86 bits per heavy atom. The van der Waals surface area contributed by atoms with Crippen LogP contribution >= 0.6 is 12.4 Å². The van der Waals surface area contributed by atoms with Gasteiger partial charge in [0.2, 0.25) is 5.91 Å². The number of piperidine rings is 1. The monoisotopic (exact) mass is 319 g/mol. The summed E-state index contributed by atoms with van der Waals surface area (Å²) < 4.78 is 26.2. The Balaban J connectivity index is 0.00000220. The van der Waals surface area contributed by atoms with Gasteiger partial charge in [-0.3, -0.25) is 9.69 Å². The van der Waals surface area contributed by atoms with E-state index in [9.17, 15) is 13.6 Å². The van der Waals surface area contributed by atoms with Crippen LogP contribution in [0, 0.1) is 11.6 Å². The molecule has 0 spiro atoms. The fraction of sp³-hybridized carbons (Fsp3) is 0.500. The zero-order valence-corrected chi connectivity index (χ0v) is 12.7. The molecule has 1 amide bonds. The number of hydrogen-bond acceptors (Lipinski definition) is 3. The fourth-order valence-electron chi connectivity index (χ4n) is 2.42. The lowest BCUT2D eigenvalue weighted by atomic mass is 10.1. The summed E-state index contributed by atoms with van der Waals surface area (Å²) in [4.78, 5) is 13.9. The maximum absolute atomic E-state index is 13.4. The van der Waals surface area contributed by atoms with Crippen LogP contribution in [0.1, 0.15) is 12.8 Å². The fourth-order valence-corrected chi connectivity index (χ4v) is 2.42. The maximum Gasteiger partial charge on any atom is 0.238 e. The third kappa shape index (κ3) is 5.22. The minimum Gasteiger partial charge on any atom is -0.322 e. The number of nitrogens with zero attached hydrogens (tertiary/aromatic N) is 1. The molecule has 1 atom stereocenters. The zero-order valence-electron chi connectivity index (χ0n) is 11.9. The van der Waals surface area contributed by atoms with Gasteiger partial charge in [-0.15, -0.1) is 12.4 Å². The van der Waals surface area contributed by atoms with Gasteiger partial charge < -0.3 is 10.6 Å². The van der Waals surface area contributed by atoms with Gasteiger partial charge in [0.05, 0.1) is 12.2 Å². The number of likely N-dealkylation sites (tertiary alicyclic amines) is 1. The van der Waals surface area contributed by atoms with Crippen LogP contribution in [0.3, 0.4) is 0 Å². The number of carbonyl (C=O) groups excluding carboxylic acids is 1. The summed E-state index contributed by atoms with van der Waals surface area (Å²) in [5.41, 5.74) is 0.0126. The minimum atomic E-state index is -0.759. The number of hydrogen-bond donors (Lipinski definition) is 2. The molecule has 1 saturated heterocycles. The molecule has 0 aliphatic carbocycles. The lowest BCUT2D eigenvalue weighted by Crippen LogP contribution is -2.46. The van der Waals surface area contributed by atoms with Crippen LogP contribution in [-0.4, -0.2) is 43.5 Å². The molecule has 0 radical (unpaired) electrons. The van der Waals surface area contributed by atoms with E-state index in [-0.39, 0.29) is 30.5 Å². The summed E-state index contributed by atoms with van der Waals surface area (Å²) in [6.45, 7) is 1.88. The van der Waals surface area contributed by atoms with Gasteiger partial charge in [0, 0.05) is 18.7 Å². The lowest BCUT2D eigenvalue weighted by molar-refractivity contribution is -0.117. The van der Waals surface area contributed by atoms with Gasteiger partial charge in [0.15, 0.2) is 0 Å². The number of carbonyl (C=O) groups is 1. The summed E-state index contributed by atoms with van der Waals surface area (Å²) in [7, 11) is 1.90. The summed E-state index contributed by atoms with van der Waals surface area (Å²) in [5.74, 6) is -1.70. The molecule has 0 aromatic heterocycles. The lowest BCUT2D eigenvalue weighted by Gasteiger charge is -2.31. The Kier molecular flexibility index (Phi) is 7.01. The van der Waals surface area contributed by atoms with Gasteiger partial charge in [-0.1, -0.05) is 0 Å². The van der Waals surface area contributed by atoms with Crippen molar-refractivity contribution in [2.75, 3.05) is 32.0 Å². The first-order valence-electron chi connectivity index (χ1n) is 6.73. The Morgan fingerprint density at radius 1 is 1.43 bits per heavy atom. The predicted molar refractivity (Wildman–Crippen MR) is 80.8 cm³/mol. The number of rotatable bonds is 4. The topological polar surface area (TPSA) is 44.4 Å². The van der Waals surface area contributed by atoms with Crippen molar-refractivity contribution in [2.24, 2.45) is 0 Å². The van der Waals surface area contributed by atoms with Crippen molar-refractivity contribution in [1.82, 2.24) is 10.2 Å². The molecule has 0 bridgehead atoms. The van der Waals surface area contributed by atoms with Crippen molar-refractivity contribution in [2.45, 2.75) is 18.9 Å². The average molecular weight is 320 g/mol. The van der Waals surface area contributed by atoms with E-state index in [1.807, 2.05) is 11.9 Å². The van der Waals surface area contributed by atoms with E-state index in [2.05, 4.69) is 10.6 Å². The van der Waals surface area contributed by atoms with Gasteiger partial charge in [-0.25, -0.2) is 8.78 Å². The zero-order chi connectivity index (χ0) is 14.5. The van der Waals surface area contributed by atoms with Crippen molar-refractivity contribution in [3.05, 3.63) is 29.8 Å². The van der Waals surface area contributed by atoms with Crippen molar-refractivity contribution >= 4 is 24.0 Å². The second-order valence-corrected chi connectivity index (χ2v) is 5.04. The maximum atomic E-state index is 13.4. The molecule has 1 heterocycles. The molecular weight excluding hydrogens is 300 g/mol. The van der Waals surface area contributed by atoms with Crippen LogP contribution in [0.2, 0.25) is 0 Å². The van der Waals surface area contributed by atoms with Gasteiger partial charge in [-0.2, -0.15) is 0 Å². The molecular formula is C14H20ClF2N3O. The molecule has 2 rings (SSSR count). The van der Waals surface area contributed by atoms with Gasteiger partial charge in [-0.05, 0) is 38.6 Å². The third-order valence-electron chi connectivity index (χ3n) is 3.49. The minimum absolute atomic E-state index is 0. The van der Waals surface area contributed by atoms with Crippen LogP contribution in [0.5, 0.6) is 0 Å².